The van der Waals surface area contributed by atoms with Crippen molar-refractivity contribution in [3.8, 4) is 0 Å². The fraction of sp³-hybridized carbons (Fsp3) is 0.600. The lowest BCUT2D eigenvalue weighted by Crippen LogP contribution is -2.37. The van der Waals surface area contributed by atoms with E-state index in [9.17, 15) is 0 Å². The second-order valence-corrected chi connectivity index (χ2v) is 5.52. The highest BCUT2D eigenvalue weighted by Gasteiger charge is 2.22. The second-order valence-electron chi connectivity index (χ2n) is 5.52. The first-order valence-electron chi connectivity index (χ1n) is 6.68. The monoisotopic (exact) mass is 232 g/mol. The molecule has 1 aromatic carbocycles. The third-order valence-corrected chi connectivity index (χ3v) is 3.99. The molecule has 2 N–H and O–H groups in total. The first kappa shape index (κ1) is 12.4. The molecular formula is C15H24N2. The van der Waals surface area contributed by atoms with Gasteiger partial charge in [-0.2, -0.15) is 0 Å². The number of rotatable bonds is 2. The Hall–Kier alpha value is -1.02. The van der Waals surface area contributed by atoms with Gasteiger partial charge in [0.05, 0.1) is 0 Å². The first-order valence-corrected chi connectivity index (χ1v) is 6.68. The van der Waals surface area contributed by atoms with Crippen LogP contribution in [0.15, 0.2) is 18.2 Å². The minimum absolute atomic E-state index is 0.684. The van der Waals surface area contributed by atoms with Gasteiger partial charge in [-0.1, -0.05) is 6.07 Å². The Balaban J connectivity index is 2.05. The van der Waals surface area contributed by atoms with Crippen molar-refractivity contribution < 1.29 is 0 Å². The first-order chi connectivity index (χ1) is 8.08. The van der Waals surface area contributed by atoms with Crippen LogP contribution >= 0.6 is 0 Å². The van der Waals surface area contributed by atoms with Gasteiger partial charge >= 0.3 is 0 Å². The van der Waals surface area contributed by atoms with Gasteiger partial charge in [0.1, 0.15) is 0 Å². The van der Waals surface area contributed by atoms with Crippen LogP contribution in [0.25, 0.3) is 0 Å². The van der Waals surface area contributed by atoms with Crippen LogP contribution in [0.3, 0.4) is 0 Å². The van der Waals surface area contributed by atoms with Crippen molar-refractivity contribution >= 4 is 5.69 Å². The van der Waals surface area contributed by atoms with Crippen LogP contribution in [0.1, 0.15) is 43.7 Å². The summed E-state index contributed by atoms with van der Waals surface area (Å²) in [6, 6.07) is 7.05. The molecule has 0 atom stereocenters. The second kappa shape index (κ2) is 5.09. The molecular weight excluding hydrogens is 208 g/mol. The summed E-state index contributed by atoms with van der Waals surface area (Å²) in [7, 11) is 0. The number of anilines is 1. The lowest BCUT2D eigenvalue weighted by Gasteiger charge is -2.35. The summed E-state index contributed by atoms with van der Waals surface area (Å²) in [6.07, 6.45) is 2.56. The maximum absolute atomic E-state index is 5.81. The van der Waals surface area contributed by atoms with Gasteiger partial charge in [0.2, 0.25) is 0 Å². The molecule has 0 radical (unpaired) electrons. The van der Waals surface area contributed by atoms with Gasteiger partial charge in [-0.05, 0) is 75.9 Å². The molecule has 17 heavy (non-hydrogen) atoms. The van der Waals surface area contributed by atoms with Gasteiger partial charge in [0.25, 0.3) is 0 Å². The van der Waals surface area contributed by atoms with E-state index in [0.717, 1.165) is 11.6 Å². The molecule has 2 nitrogen and oxygen atoms in total. The van der Waals surface area contributed by atoms with Crippen molar-refractivity contribution in [2.24, 2.45) is 0 Å². The fourth-order valence-corrected chi connectivity index (χ4v) is 2.88. The van der Waals surface area contributed by atoms with Crippen molar-refractivity contribution in [1.82, 2.24) is 4.90 Å². The number of hydrogen-bond donors (Lipinski definition) is 1. The Labute approximate surface area is 105 Å². The van der Waals surface area contributed by atoms with E-state index in [-0.39, 0.29) is 0 Å². The number of piperidine rings is 1. The standard InChI is InChI=1S/C15H24N2/c1-11(2)17-8-6-13(7-9-17)15-5-4-14(16)10-12(15)3/h4-5,10-11,13H,6-9,16H2,1-3H3. The third-order valence-electron chi connectivity index (χ3n) is 3.99. The molecule has 1 aliphatic heterocycles. The SMILES string of the molecule is Cc1cc(N)ccc1C1CCN(C(C)C)CC1. The number of hydrogen-bond acceptors (Lipinski definition) is 2. The minimum atomic E-state index is 0.684. The lowest BCUT2D eigenvalue weighted by atomic mass is 9.86. The molecule has 2 heteroatoms. The van der Waals surface area contributed by atoms with Gasteiger partial charge in [0, 0.05) is 11.7 Å². The van der Waals surface area contributed by atoms with Crippen LogP contribution in [0.5, 0.6) is 0 Å². The predicted molar refractivity (Wildman–Crippen MR) is 74.3 cm³/mol. The lowest BCUT2D eigenvalue weighted by molar-refractivity contribution is 0.171. The molecule has 0 unspecified atom stereocenters. The maximum atomic E-state index is 5.81. The van der Waals surface area contributed by atoms with Gasteiger partial charge in [-0.3, -0.25) is 0 Å². The molecule has 2 rings (SSSR count). The summed E-state index contributed by atoms with van der Waals surface area (Å²) in [5.41, 5.74) is 9.55. The summed E-state index contributed by atoms with van der Waals surface area (Å²) < 4.78 is 0. The summed E-state index contributed by atoms with van der Waals surface area (Å²) >= 11 is 0. The molecule has 0 saturated carbocycles. The number of benzene rings is 1. The van der Waals surface area contributed by atoms with Crippen LogP contribution in [-0.4, -0.2) is 24.0 Å². The highest BCUT2D eigenvalue weighted by Crippen LogP contribution is 2.31. The average Bonchev–Trinajstić information content (AvgIpc) is 2.29. The zero-order valence-electron chi connectivity index (χ0n) is 11.2. The number of nitrogens with two attached hydrogens (primary N) is 1. The maximum Gasteiger partial charge on any atom is 0.0316 e. The predicted octanol–water partition coefficient (Wildman–Crippen LogP) is 3.17. The smallest absolute Gasteiger partial charge is 0.0316 e. The van der Waals surface area contributed by atoms with Gasteiger partial charge < -0.3 is 10.6 Å². The number of nitrogen functional groups attached to an aromatic ring is 1. The van der Waals surface area contributed by atoms with E-state index >= 15 is 0 Å². The number of likely N-dealkylation sites (tertiary alicyclic amines) is 1. The van der Waals surface area contributed by atoms with Crippen molar-refractivity contribution in [1.29, 1.82) is 0 Å². The van der Waals surface area contributed by atoms with Gasteiger partial charge in [-0.15, -0.1) is 0 Å². The van der Waals surface area contributed by atoms with Gasteiger partial charge in [0.15, 0.2) is 0 Å². The van der Waals surface area contributed by atoms with Gasteiger partial charge in [-0.25, -0.2) is 0 Å². The molecule has 94 valence electrons. The van der Waals surface area contributed by atoms with Crippen LogP contribution in [0.2, 0.25) is 0 Å². The topological polar surface area (TPSA) is 29.3 Å². The fourth-order valence-electron chi connectivity index (χ4n) is 2.88. The zero-order chi connectivity index (χ0) is 12.4. The Kier molecular flexibility index (Phi) is 3.72. The molecule has 1 fully saturated rings. The van der Waals surface area contributed by atoms with E-state index in [0.29, 0.717) is 6.04 Å². The van der Waals surface area contributed by atoms with Crippen molar-refractivity contribution in [3.63, 3.8) is 0 Å². The normalized spacial score (nSPS) is 18.8. The Bertz CT molecular complexity index is 377. The summed E-state index contributed by atoms with van der Waals surface area (Å²) in [5, 5.41) is 0. The van der Waals surface area contributed by atoms with Crippen molar-refractivity contribution in [2.75, 3.05) is 18.8 Å². The molecule has 1 aromatic rings. The summed E-state index contributed by atoms with van der Waals surface area (Å²) in [6.45, 7) is 9.21. The quantitative estimate of drug-likeness (QED) is 0.794. The van der Waals surface area contributed by atoms with Crippen LogP contribution in [0.4, 0.5) is 5.69 Å². The van der Waals surface area contributed by atoms with E-state index in [1.807, 2.05) is 6.07 Å². The minimum Gasteiger partial charge on any atom is -0.399 e. The average molecular weight is 232 g/mol. The Morgan fingerprint density at radius 2 is 1.88 bits per heavy atom. The number of nitrogens with zero attached hydrogens (tertiary/aromatic N) is 1. The Morgan fingerprint density at radius 1 is 1.24 bits per heavy atom. The Morgan fingerprint density at radius 3 is 2.41 bits per heavy atom. The van der Waals surface area contributed by atoms with Crippen LogP contribution in [0, 0.1) is 6.92 Å². The highest BCUT2D eigenvalue weighted by molar-refractivity contribution is 5.45. The highest BCUT2D eigenvalue weighted by atomic mass is 15.1. The van der Waals surface area contributed by atoms with E-state index in [1.165, 1.54) is 37.1 Å². The van der Waals surface area contributed by atoms with E-state index in [4.69, 9.17) is 5.73 Å². The summed E-state index contributed by atoms with van der Waals surface area (Å²) in [5.74, 6) is 0.727. The van der Waals surface area contributed by atoms with Crippen molar-refractivity contribution in [2.45, 2.75) is 45.6 Å². The molecule has 1 saturated heterocycles. The number of aryl methyl sites for hydroxylation is 1. The largest absolute Gasteiger partial charge is 0.399 e. The molecule has 0 amide bonds. The molecule has 0 aromatic heterocycles. The zero-order valence-corrected chi connectivity index (χ0v) is 11.2. The van der Waals surface area contributed by atoms with E-state index < -0.39 is 0 Å². The van der Waals surface area contributed by atoms with E-state index in [1.54, 1.807) is 0 Å². The summed E-state index contributed by atoms with van der Waals surface area (Å²) in [4.78, 5) is 2.57. The third kappa shape index (κ3) is 2.81. The molecule has 0 aliphatic carbocycles. The van der Waals surface area contributed by atoms with Crippen LogP contribution < -0.4 is 5.73 Å². The molecule has 1 heterocycles. The molecule has 0 spiro atoms. The van der Waals surface area contributed by atoms with Crippen molar-refractivity contribution in [3.05, 3.63) is 29.3 Å². The molecule has 0 bridgehead atoms. The molecule has 1 aliphatic rings. The van der Waals surface area contributed by atoms with E-state index in [2.05, 4.69) is 37.8 Å². The van der Waals surface area contributed by atoms with Crippen LogP contribution in [-0.2, 0) is 0 Å².